The molecule has 0 saturated heterocycles. The molecule has 1 aromatic carbocycles. The van der Waals surface area contributed by atoms with E-state index in [1.54, 1.807) is 14.2 Å². The molecule has 1 atom stereocenters. The van der Waals surface area contributed by atoms with Gasteiger partial charge in [0, 0.05) is 19.2 Å². The molecular weight excluding hydrogens is 218 g/mol. The average molecular weight is 239 g/mol. The first-order chi connectivity index (χ1) is 8.21. The van der Waals surface area contributed by atoms with Crippen LogP contribution in [0.15, 0.2) is 18.2 Å². The number of nitrogens with two attached hydrogens (primary N) is 1. The second-order valence-corrected chi connectivity index (χ2v) is 3.93. The third kappa shape index (κ3) is 4.34. The van der Waals surface area contributed by atoms with Gasteiger partial charge in [-0.2, -0.15) is 0 Å². The van der Waals surface area contributed by atoms with Gasteiger partial charge < -0.3 is 19.9 Å². The zero-order valence-corrected chi connectivity index (χ0v) is 10.7. The SMILES string of the molecule is COCC(C)OCc1ccc(CN)c(OC)c1. The molecule has 1 rings (SSSR count). The Morgan fingerprint density at radius 3 is 2.65 bits per heavy atom. The fourth-order valence-electron chi connectivity index (χ4n) is 1.57. The number of ether oxygens (including phenoxy) is 3. The molecule has 0 bridgehead atoms. The standard InChI is InChI=1S/C13H21NO3/c1-10(8-15-2)17-9-11-4-5-12(7-14)13(6-11)16-3/h4-6,10H,7-9,14H2,1-3H3. The predicted octanol–water partition coefficient (Wildman–Crippen LogP) is 1.71. The summed E-state index contributed by atoms with van der Waals surface area (Å²) in [4.78, 5) is 0. The lowest BCUT2D eigenvalue weighted by atomic mass is 10.1. The first-order valence-electron chi connectivity index (χ1n) is 5.67. The van der Waals surface area contributed by atoms with Crippen LogP contribution in [0.1, 0.15) is 18.1 Å². The minimum Gasteiger partial charge on any atom is -0.496 e. The van der Waals surface area contributed by atoms with Crippen molar-refractivity contribution in [2.75, 3.05) is 20.8 Å². The van der Waals surface area contributed by atoms with Crippen LogP contribution in [0.2, 0.25) is 0 Å². The van der Waals surface area contributed by atoms with E-state index in [-0.39, 0.29) is 6.10 Å². The molecule has 96 valence electrons. The van der Waals surface area contributed by atoms with Gasteiger partial charge >= 0.3 is 0 Å². The van der Waals surface area contributed by atoms with Crippen molar-refractivity contribution in [1.29, 1.82) is 0 Å². The van der Waals surface area contributed by atoms with Crippen molar-refractivity contribution in [2.24, 2.45) is 5.73 Å². The van der Waals surface area contributed by atoms with Crippen molar-refractivity contribution in [3.63, 3.8) is 0 Å². The second kappa shape index (κ2) is 7.27. The summed E-state index contributed by atoms with van der Waals surface area (Å²) in [6.07, 6.45) is 0.0835. The molecule has 0 aromatic heterocycles. The van der Waals surface area contributed by atoms with Gasteiger partial charge in [0.05, 0.1) is 26.4 Å². The van der Waals surface area contributed by atoms with E-state index in [2.05, 4.69) is 0 Å². The van der Waals surface area contributed by atoms with Gasteiger partial charge in [0.1, 0.15) is 5.75 Å². The normalized spacial score (nSPS) is 12.5. The zero-order chi connectivity index (χ0) is 12.7. The Labute approximate surface area is 103 Å². The van der Waals surface area contributed by atoms with Crippen LogP contribution < -0.4 is 10.5 Å². The molecule has 0 spiro atoms. The van der Waals surface area contributed by atoms with E-state index in [0.717, 1.165) is 16.9 Å². The van der Waals surface area contributed by atoms with Crippen LogP contribution >= 0.6 is 0 Å². The number of rotatable bonds is 7. The van der Waals surface area contributed by atoms with Crippen molar-refractivity contribution in [2.45, 2.75) is 26.2 Å². The lowest BCUT2D eigenvalue weighted by Crippen LogP contribution is -2.14. The summed E-state index contributed by atoms with van der Waals surface area (Å²) < 4.78 is 15.9. The summed E-state index contributed by atoms with van der Waals surface area (Å²) in [7, 11) is 3.31. The molecule has 0 fully saturated rings. The van der Waals surface area contributed by atoms with Crippen molar-refractivity contribution < 1.29 is 14.2 Å². The van der Waals surface area contributed by atoms with E-state index >= 15 is 0 Å². The first-order valence-corrected chi connectivity index (χ1v) is 5.67. The summed E-state index contributed by atoms with van der Waals surface area (Å²) in [5, 5.41) is 0. The molecule has 0 saturated carbocycles. The first kappa shape index (κ1) is 14.0. The molecule has 1 unspecified atom stereocenters. The maximum Gasteiger partial charge on any atom is 0.123 e. The van der Waals surface area contributed by atoms with Crippen molar-refractivity contribution >= 4 is 0 Å². The largest absolute Gasteiger partial charge is 0.496 e. The Kier molecular flexibility index (Phi) is 5.97. The minimum atomic E-state index is 0.0835. The third-order valence-corrected chi connectivity index (χ3v) is 2.51. The summed E-state index contributed by atoms with van der Waals surface area (Å²) in [5.74, 6) is 0.813. The molecule has 0 amide bonds. The Bertz CT molecular complexity index is 341. The summed E-state index contributed by atoms with van der Waals surface area (Å²) in [6.45, 7) is 3.60. The highest BCUT2D eigenvalue weighted by atomic mass is 16.5. The molecule has 0 aliphatic rings. The van der Waals surface area contributed by atoms with Gasteiger partial charge in [-0.25, -0.2) is 0 Å². The number of hydrogen-bond donors (Lipinski definition) is 1. The fraction of sp³-hybridized carbons (Fsp3) is 0.538. The van der Waals surface area contributed by atoms with Gasteiger partial charge in [-0.05, 0) is 18.6 Å². The monoisotopic (exact) mass is 239 g/mol. The van der Waals surface area contributed by atoms with Gasteiger partial charge in [0.2, 0.25) is 0 Å². The quantitative estimate of drug-likeness (QED) is 0.787. The molecule has 1 aromatic rings. The van der Waals surface area contributed by atoms with Crippen LogP contribution in [-0.2, 0) is 22.6 Å². The lowest BCUT2D eigenvalue weighted by Gasteiger charge is -2.13. The molecule has 0 heterocycles. The highest BCUT2D eigenvalue weighted by Crippen LogP contribution is 2.20. The minimum absolute atomic E-state index is 0.0835. The number of benzene rings is 1. The van der Waals surface area contributed by atoms with Crippen LogP contribution in [0.3, 0.4) is 0 Å². The summed E-state index contributed by atoms with van der Waals surface area (Å²) in [6, 6.07) is 5.93. The molecule has 17 heavy (non-hydrogen) atoms. The smallest absolute Gasteiger partial charge is 0.123 e. The molecule has 4 heteroatoms. The predicted molar refractivity (Wildman–Crippen MR) is 67.0 cm³/mol. The van der Waals surface area contributed by atoms with Crippen LogP contribution in [0, 0.1) is 0 Å². The Hall–Kier alpha value is -1.10. The Balaban J connectivity index is 2.60. The molecular formula is C13H21NO3. The van der Waals surface area contributed by atoms with E-state index in [1.807, 2.05) is 25.1 Å². The van der Waals surface area contributed by atoms with Crippen molar-refractivity contribution in [3.05, 3.63) is 29.3 Å². The van der Waals surface area contributed by atoms with Crippen LogP contribution in [0.25, 0.3) is 0 Å². The van der Waals surface area contributed by atoms with Gasteiger partial charge in [0.15, 0.2) is 0 Å². The van der Waals surface area contributed by atoms with E-state index in [9.17, 15) is 0 Å². The average Bonchev–Trinajstić information content (AvgIpc) is 2.36. The van der Waals surface area contributed by atoms with Crippen molar-refractivity contribution in [1.82, 2.24) is 0 Å². The highest BCUT2D eigenvalue weighted by Gasteiger charge is 2.05. The Morgan fingerprint density at radius 1 is 1.29 bits per heavy atom. The molecule has 4 nitrogen and oxygen atoms in total. The highest BCUT2D eigenvalue weighted by molar-refractivity contribution is 5.37. The van der Waals surface area contributed by atoms with Gasteiger partial charge in [-0.1, -0.05) is 12.1 Å². The van der Waals surface area contributed by atoms with Crippen molar-refractivity contribution in [3.8, 4) is 5.75 Å². The maximum atomic E-state index is 5.63. The van der Waals surface area contributed by atoms with Crippen LogP contribution in [0.5, 0.6) is 5.75 Å². The molecule has 0 aliphatic heterocycles. The van der Waals surface area contributed by atoms with E-state index in [0.29, 0.717) is 19.8 Å². The van der Waals surface area contributed by atoms with Gasteiger partial charge in [-0.15, -0.1) is 0 Å². The second-order valence-electron chi connectivity index (χ2n) is 3.93. The topological polar surface area (TPSA) is 53.7 Å². The fourth-order valence-corrected chi connectivity index (χ4v) is 1.57. The number of methoxy groups -OCH3 is 2. The summed E-state index contributed by atoms with van der Waals surface area (Å²) in [5.41, 5.74) is 7.68. The van der Waals surface area contributed by atoms with Crippen LogP contribution in [-0.4, -0.2) is 26.9 Å². The van der Waals surface area contributed by atoms with Crippen LogP contribution in [0.4, 0.5) is 0 Å². The van der Waals surface area contributed by atoms with E-state index in [1.165, 1.54) is 0 Å². The molecule has 0 radical (unpaired) electrons. The van der Waals surface area contributed by atoms with Gasteiger partial charge in [0.25, 0.3) is 0 Å². The van der Waals surface area contributed by atoms with E-state index in [4.69, 9.17) is 19.9 Å². The number of hydrogen-bond acceptors (Lipinski definition) is 4. The molecule has 2 N–H and O–H groups in total. The van der Waals surface area contributed by atoms with Gasteiger partial charge in [-0.3, -0.25) is 0 Å². The molecule has 0 aliphatic carbocycles. The summed E-state index contributed by atoms with van der Waals surface area (Å²) >= 11 is 0. The lowest BCUT2D eigenvalue weighted by molar-refractivity contribution is -0.000179. The third-order valence-electron chi connectivity index (χ3n) is 2.51. The zero-order valence-electron chi connectivity index (χ0n) is 10.7. The Morgan fingerprint density at radius 2 is 2.06 bits per heavy atom. The van der Waals surface area contributed by atoms with E-state index < -0.39 is 0 Å². The maximum absolute atomic E-state index is 5.63.